The summed E-state index contributed by atoms with van der Waals surface area (Å²) >= 11 is 11.6. The van der Waals surface area contributed by atoms with Gasteiger partial charge in [-0.1, -0.05) is 23.2 Å². The molecular weight excluding hydrogens is 287 g/mol. The van der Waals surface area contributed by atoms with Crippen LogP contribution in [-0.4, -0.2) is 16.0 Å². The monoisotopic (exact) mass is 298 g/mol. The molecule has 0 aliphatic heterocycles. The van der Waals surface area contributed by atoms with Crippen LogP contribution >= 0.6 is 23.2 Å². The van der Waals surface area contributed by atoms with Crippen LogP contribution < -0.4 is 5.32 Å². The number of aromatic nitrogens is 1. The summed E-state index contributed by atoms with van der Waals surface area (Å²) in [7, 11) is 0. The lowest BCUT2D eigenvalue weighted by Gasteiger charge is -2.12. The highest BCUT2D eigenvalue weighted by Gasteiger charge is 2.18. The minimum Gasteiger partial charge on any atom is -0.378 e. The molecule has 1 amide bonds. The van der Waals surface area contributed by atoms with E-state index < -0.39 is 12.0 Å². The number of aromatic amines is 1. The Morgan fingerprint density at radius 1 is 1.32 bits per heavy atom. The number of hydrogen-bond acceptors (Lipinski definition) is 2. The van der Waals surface area contributed by atoms with E-state index in [4.69, 9.17) is 23.2 Å². The summed E-state index contributed by atoms with van der Waals surface area (Å²) in [5.74, 6) is -0.507. The van der Waals surface area contributed by atoms with Gasteiger partial charge in [-0.05, 0) is 35.9 Å². The summed E-state index contributed by atoms with van der Waals surface area (Å²) in [6.45, 7) is 0.317. The molecule has 0 saturated heterocycles. The average Bonchev–Trinajstić information content (AvgIpc) is 2.87. The molecule has 1 atom stereocenters. The largest absolute Gasteiger partial charge is 0.378 e. The van der Waals surface area contributed by atoms with Gasteiger partial charge in [-0.15, -0.1) is 0 Å². The Morgan fingerprint density at radius 2 is 2.00 bits per heavy atom. The van der Waals surface area contributed by atoms with Crippen molar-refractivity contribution in [2.24, 2.45) is 0 Å². The van der Waals surface area contributed by atoms with Gasteiger partial charge >= 0.3 is 0 Å². The molecule has 1 aromatic carbocycles. The van der Waals surface area contributed by atoms with Crippen LogP contribution in [0, 0.1) is 0 Å². The summed E-state index contributed by atoms with van der Waals surface area (Å²) in [5, 5.41) is 13.3. The van der Waals surface area contributed by atoms with Gasteiger partial charge in [-0.2, -0.15) is 0 Å². The molecule has 4 nitrogen and oxygen atoms in total. The van der Waals surface area contributed by atoms with Crippen molar-refractivity contribution in [3.05, 3.63) is 57.8 Å². The minimum absolute atomic E-state index is 0.317. The number of hydrogen-bond donors (Lipinski definition) is 3. The molecule has 2 rings (SSSR count). The standard InChI is InChI=1S/C13H12Cl2N2O2/c14-9-4-8(5-10(15)6-9)12(18)13(19)17-7-11-2-1-3-16-11/h1-6,12,16,18H,7H2,(H,17,19)/t12-/m0/s1. The fourth-order valence-corrected chi connectivity index (χ4v) is 2.18. The van der Waals surface area contributed by atoms with Crippen molar-refractivity contribution < 1.29 is 9.90 Å². The Balaban J connectivity index is 2.02. The van der Waals surface area contributed by atoms with Crippen molar-refractivity contribution in [2.75, 3.05) is 0 Å². The Hall–Kier alpha value is -1.49. The fraction of sp³-hybridized carbons (Fsp3) is 0.154. The van der Waals surface area contributed by atoms with Gasteiger partial charge in [0.05, 0.1) is 6.54 Å². The number of H-pyrrole nitrogens is 1. The predicted octanol–water partition coefficient (Wildman–Crippen LogP) is 2.67. The highest BCUT2D eigenvalue weighted by atomic mass is 35.5. The first-order valence-corrected chi connectivity index (χ1v) is 6.36. The van der Waals surface area contributed by atoms with E-state index in [1.165, 1.54) is 18.2 Å². The first-order chi connectivity index (χ1) is 9.06. The lowest BCUT2D eigenvalue weighted by molar-refractivity contribution is -0.129. The molecular formula is C13H12Cl2N2O2. The van der Waals surface area contributed by atoms with Crippen LogP contribution in [-0.2, 0) is 11.3 Å². The second kappa shape index (κ2) is 6.10. The predicted molar refractivity (Wildman–Crippen MR) is 74.1 cm³/mol. The van der Waals surface area contributed by atoms with E-state index in [1.54, 1.807) is 6.20 Å². The van der Waals surface area contributed by atoms with Crippen molar-refractivity contribution in [2.45, 2.75) is 12.6 Å². The highest BCUT2D eigenvalue weighted by Crippen LogP contribution is 2.23. The lowest BCUT2D eigenvalue weighted by atomic mass is 10.1. The number of aliphatic hydroxyl groups excluding tert-OH is 1. The third-order valence-electron chi connectivity index (χ3n) is 2.56. The van der Waals surface area contributed by atoms with Crippen molar-refractivity contribution in [3.63, 3.8) is 0 Å². The molecule has 0 spiro atoms. The summed E-state index contributed by atoms with van der Waals surface area (Å²) in [6, 6.07) is 8.21. The second-order valence-corrected chi connectivity index (χ2v) is 4.89. The SMILES string of the molecule is O=C(NCc1ccc[nH]1)[C@@H](O)c1cc(Cl)cc(Cl)c1. The zero-order valence-corrected chi connectivity index (χ0v) is 11.4. The van der Waals surface area contributed by atoms with Crippen molar-refractivity contribution in [1.82, 2.24) is 10.3 Å². The zero-order chi connectivity index (χ0) is 13.8. The molecule has 100 valence electrons. The quantitative estimate of drug-likeness (QED) is 0.812. The number of carbonyl (C=O) groups is 1. The van der Waals surface area contributed by atoms with Crippen LogP contribution in [0.4, 0.5) is 0 Å². The summed E-state index contributed by atoms with van der Waals surface area (Å²) in [6.07, 6.45) is 0.459. The molecule has 0 saturated carbocycles. The van der Waals surface area contributed by atoms with Gasteiger partial charge in [0.1, 0.15) is 0 Å². The smallest absolute Gasteiger partial charge is 0.253 e. The topological polar surface area (TPSA) is 65.1 Å². The maximum atomic E-state index is 11.8. The van der Waals surface area contributed by atoms with Crippen molar-refractivity contribution in [1.29, 1.82) is 0 Å². The number of halogens is 2. The van der Waals surface area contributed by atoms with Crippen LogP contribution in [0.2, 0.25) is 10.0 Å². The zero-order valence-electron chi connectivity index (χ0n) is 9.86. The molecule has 1 aromatic heterocycles. The number of aliphatic hydroxyl groups is 1. The Labute approximate surface area is 120 Å². The van der Waals surface area contributed by atoms with Gasteiger partial charge in [0.2, 0.25) is 0 Å². The maximum Gasteiger partial charge on any atom is 0.253 e. The molecule has 0 aliphatic carbocycles. The van der Waals surface area contributed by atoms with E-state index in [1.807, 2.05) is 12.1 Å². The first kappa shape index (κ1) is 13.9. The van der Waals surface area contributed by atoms with E-state index in [0.717, 1.165) is 5.69 Å². The average molecular weight is 299 g/mol. The third-order valence-corrected chi connectivity index (χ3v) is 3.00. The number of amides is 1. The highest BCUT2D eigenvalue weighted by molar-refractivity contribution is 6.34. The summed E-state index contributed by atoms with van der Waals surface area (Å²) in [5.41, 5.74) is 1.21. The van der Waals surface area contributed by atoms with E-state index >= 15 is 0 Å². The number of carbonyl (C=O) groups excluding carboxylic acids is 1. The van der Waals surface area contributed by atoms with E-state index in [-0.39, 0.29) is 0 Å². The van der Waals surface area contributed by atoms with Gasteiger partial charge in [0.15, 0.2) is 6.10 Å². The van der Waals surface area contributed by atoms with Crippen molar-refractivity contribution >= 4 is 29.1 Å². The molecule has 0 aliphatic rings. The molecule has 0 fully saturated rings. The second-order valence-electron chi connectivity index (χ2n) is 4.02. The number of rotatable bonds is 4. The first-order valence-electron chi connectivity index (χ1n) is 5.60. The van der Waals surface area contributed by atoms with Crippen LogP contribution in [0.3, 0.4) is 0 Å². The van der Waals surface area contributed by atoms with Gasteiger partial charge in [-0.25, -0.2) is 0 Å². The van der Waals surface area contributed by atoms with E-state index in [9.17, 15) is 9.90 Å². The van der Waals surface area contributed by atoms with Crippen LogP contribution in [0.1, 0.15) is 17.4 Å². The Kier molecular flexibility index (Phi) is 4.47. The normalized spacial score (nSPS) is 12.2. The molecule has 0 radical (unpaired) electrons. The van der Waals surface area contributed by atoms with Gasteiger partial charge < -0.3 is 15.4 Å². The molecule has 0 bridgehead atoms. The van der Waals surface area contributed by atoms with Gasteiger partial charge in [-0.3, -0.25) is 4.79 Å². The summed E-state index contributed by atoms with van der Waals surface area (Å²) in [4.78, 5) is 14.8. The van der Waals surface area contributed by atoms with Gasteiger partial charge in [0.25, 0.3) is 5.91 Å². The molecule has 3 N–H and O–H groups in total. The molecule has 1 heterocycles. The number of benzene rings is 1. The molecule has 6 heteroatoms. The Morgan fingerprint density at radius 3 is 2.58 bits per heavy atom. The van der Waals surface area contributed by atoms with Crippen LogP contribution in [0.15, 0.2) is 36.5 Å². The minimum atomic E-state index is -1.30. The molecule has 19 heavy (non-hydrogen) atoms. The van der Waals surface area contributed by atoms with Gasteiger partial charge in [0, 0.05) is 21.9 Å². The maximum absolute atomic E-state index is 11.8. The summed E-state index contributed by atoms with van der Waals surface area (Å²) < 4.78 is 0. The van der Waals surface area contributed by atoms with E-state index in [2.05, 4.69) is 10.3 Å². The number of nitrogens with one attached hydrogen (secondary N) is 2. The lowest BCUT2D eigenvalue weighted by Crippen LogP contribution is -2.28. The van der Waals surface area contributed by atoms with Crippen LogP contribution in [0.25, 0.3) is 0 Å². The van der Waals surface area contributed by atoms with E-state index in [0.29, 0.717) is 22.2 Å². The van der Waals surface area contributed by atoms with Crippen molar-refractivity contribution in [3.8, 4) is 0 Å². The third kappa shape index (κ3) is 3.73. The fourth-order valence-electron chi connectivity index (χ4n) is 1.64. The Bertz CT molecular complexity index is 550. The van der Waals surface area contributed by atoms with Crippen LogP contribution in [0.5, 0.6) is 0 Å². The molecule has 2 aromatic rings. The molecule has 0 unspecified atom stereocenters.